The minimum atomic E-state index is 0.00214. The number of carbonyl (C=O) groups excluding carboxylic acids is 1. The molecule has 1 aliphatic carbocycles. The fourth-order valence-electron chi connectivity index (χ4n) is 2.16. The standard InChI is InChI=1S/C15H21NO2/c1-10(2)11(3)18-12(4)13-5-6-14(9-13)15(17)7-8-16/h10,13-14H,3-7,9H2,1-2H3. The predicted octanol–water partition coefficient (Wildman–Crippen LogP) is 3.59. The van der Waals surface area contributed by atoms with E-state index < -0.39 is 0 Å². The molecule has 2 atom stereocenters. The summed E-state index contributed by atoms with van der Waals surface area (Å²) in [6.07, 6.45) is 2.52. The first-order valence-corrected chi connectivity index (χ1v) is 6.40. The molecule has 1 rings (SSSR count). The lowest BCUT2D eigenvalue weighted by Gasteiger charge is -2.18. The molecule has 0 bridgehead atoms. The third-order valence-corrected chi connectivity index (χ3v) is 3.50. The van der Waals surface area contributed by atoms with E-state index in [0.29, 0.717) is 11.5 Å². The molecule has 3 nitrogen and oxygen atoms in total. The lowest BCUT2D eigenvalue weighted by molar-refractivity contribution is -0.121. The minimum Gasteiger partial charge on any atom is -0.467 e. The summed E-state index contributed by atoms with van der Waals surface area (Å²) >= 11 is 0. The second-order valence-electron chi connectivity index (χ2n) is 5.20. The van der Waals surface area contributed by atoms with Gasteiger partial charge in [0.2, 0.25) is 0 Å². The molecule has 0 spiro atoms. The maximum Gasteiger partial charge on any atom is 0.150 e. The molecule has 0 aromatic heterocycles. The zero-order valence-corrected chi connectivity index (χ0v) is 11.2. The van der Waals surface area contributed by atoms with Gasteiger partial charge in [-0.2, -0.15) is 5.26 Å². The SMILES string of the molecule is C=C(OC(=C)C1CCC(C(=O)CC#N)C1)C(C)C. The Morgan fingerprint density at radius 2 is 2.00 bits per heavy atom. The number of allylic oxidation sites excluding steroid dienone is 2. The van der Waals surface area contributed by atoms with Crippen molar-refractivity contribution in [2.45, 2.75) is 39.5 Å². The van der Waals surface area contributed by atoms with E-state index in [0.717, 1.165) is 19.3 Å². The molecule has 1 fully saturated rings. The summed E-state index contributed by atoms with van der Waals surface area (Å²) in [4.78, 5) is 11.6. The van der Waals surface area contributed by atoms with Gasteiger partial charge in [0.05, 0.1) is 24.0 Å². The van der Waals surface area contributed by atoms with E-state index >= 15 is 0 Å². The topological polar surface area (TPSA) is 50.1 Å². The highest BCUT2D eigenvalue weighted by atomic mass is 16.5. The van der Waals surface area contributed by atoms with E-state index in [1.54, 1.807) is 0 Å². The van der Waals surface area contributed by atoms with Crippen molar-refractivity contribution in [3.8, 4) is 6.07 Å². The molecule has 98 valence electrons. The maximum atomic E-state index is 11.6. The van der Waals surface area contributed by atoms with Crippen LogP contribution >= 0.6 is 0 Å². The second-order valence-corrected chi connectivity index (χ2v) is 5.20. The van der Waals surface area contributed by atoms with Gasteiger partial charge in [0.15, 0.2) is 0 Å². The maximum absolute atomic E-state index is 11.6. The highest BCUT2D eigenvalue weighted by Gasteiger charge is 2.32. The van der Waals surface area contributed by atoms with Crippen molar-refractivity contribution < 1.29 is 9.53 Å². The Kier molecular flexibility index (Phi) is 5.15. The van der Waals surface area contributed by atoms with Crippen LogP contribution in [0, 0.1) is 29.1 Å². The first kappa shape index (κ1) is 14.5. The molecule has 0 heterocycles. The Balaban J connectivity index is 2.47. The average Bonchev–Trinajstić information content (AvgIpc) is 2.78. The number of ether oxygens (including phenoxy) is 1. The largest absolute Gasteiger partial charge is 0.467 e. The number of hydrogen-bond acceptors (Lipinski definition) is 3. The third-order valence-electron chi connectivity index (χ3n) is 3.50. The van der Waals surface area contributed by atoms with E-state index in [2.05, 4.69) is 13.2 Å². The van der Waals surface area contributed by atoms with E-state index in [9.17, 15) is 4.79 Å². The third kappa shape index (κ3) is 3.73. The molecule has 1 aliphatic rings. The Morgan fingerprint density at radius 1 is 1.39 bits per heavy atom. The smallest absolute Gasteiger partial charge is 0.150 e. The van der Waals surface area contributed by atoms with Gasteiger partial charge in [0.25, 0.3) is 0 Å². The van der Waals surface area contributed by atoms with Crippen molar-refractivity contribution in [2.24, 2.45) is 17.8 Å². The van der Waals surface area contributed by atoms with Gasteiger partial charge < -0.3 is 4.74 Å². The summed E-state index contributed by atoms with van der Waals surface area (Å²) in [6, 6.07) is 1.92. The predicted molar refractivity (Wildman–Crippen MR) is 70.3 cm³/mol. The molecule has 0 radical (unpaired) electrons. The monoisotopic (exact) mass is 247 g/mol. The molecule has 18 heavy (non-hydrogen) atoms. The number of ketones is 1. The van der Waals surface area contributed by atoms with Gasteiger partial charge in [-0.3, -0.25) is 4.79 Å². The molecule has 0 aromatic carbocycles. The van der Waals surface area contributed by atoms with Gasteiger partial charge >= 0.3 is 0 Å². The Hall–Kier alpha value is -1.56. The molecule has 2 unspecified atom stereocenters. The van der Waals surface area contributed by atoms with Crippen LogP contribution in [-0.4, -0.2) is 5.78 Å². The number of nitriles is 1. The van der Waals surface area contributed by atoms with Crippen molar-refractivity contribution in [2.75, 3.05) is 0 Å². The summed E-state index contributed by atoms with van der Waals surface area (Å²) in [5.41, 5.74) is 0. The Morgan fingerprint density at radius 3 is 2.56 bits per heavy atom. The van der Waals surface area contributed by atoms with Gasteiger partial charge in [-0.15, -0.1) is 0 Å². The molecule has 0 saturated heterocycles. The Labute approximate surface area is 109 Å². The van der Waals surface area contributed by atoms with Crippen LogP contribution in [0.25, 0.3) is 0 Å². The van der Waals surface area contributed by atoms with Crippen LogP contribution < -0.4 is 0 Å². The molecule has 0 aromatic rings. The lowest BCUT2D eigenvalue weighted by atomic mass is 9.98. The van der Waals surface area contributed by atoms with Crippen LogP contribution in [0.4, 0.5) is 0 Å². The fourth-order valence-corrected chi connectivity index (χ4v) is 2.16. The van der Waals surface area contributed by atoms with Crippen LogP contribution in [0.1, 0.15) is 39.5 Å². The van der Waals surface area contributed by atoms with Gasteiger partial charge in [-0.25, -0.2) is 0 Å². The molecule has 3 heteroatoms. The summed E-state index contributed by atoms with van der Waals surface area (Å²) < 4.78 is 5.62. The number of rotatable bonds is 6. The first-order chi connectivity index (χ1) is 8.45. The zero-order valence-electron chi connectivity index (χ0n) is 11.2. The van der Waals surface area contributed by atoms with Crippen molar-refractivity contribution in [3.63, 3.8) is 0 Å². The van der Waals surface area contributed by atoms with Gasteiger partial charge in [0, 0.05) is 17.8 Å². The molecule has 1 saturated carbocycles. The van der Waals surface area contributed by atoms with E-state index in [1.807, 2.05) is 19.9 Å². The quantitative estimate of drug-likeness (QED) is 0.674. The Bertz CT molecular complexity index is 390. The van der Waals surface area contributed by atoms with Gasteiger partial charge in [-0.05, 0) is 19.3 Å². The highest BCUT2D eigenvalue weighted by Crippen LogP contribution is 2.37. The van der Waals surface area contributed by atoms with E-state index in [4.69, 9.17) is 10.00 Å². The van der Waals surface area contributed by atoms with Gasteiger partial charge in [-0.1, -0.05) is 27.0 Å². The zero-order chi connectivity index (χ0) is 13.7. The number of hydrogen-bond donors (Lipinski definition) is 0. The van der Waals surface area contributed by atoms with Crippen molar-refractivity contribution in [3.05, 3.63) is 24.7 Å². The molecule has 0 N–H and O–H groups in total. The summed E-state index contributed by atoms with van der Waals surface area (Å²) in [5, 5.41) is 8.53. The van der Waals surface area contributed by atoms with Crippen molar-refractivity contribution in [1.82, 2.24) is 0 Å². The average molecular weight is 247 g/mol. The van der Waals surface area contributed by atoms with E-state index in [1.165, 1.54) is 0 Å². The number of Topliss-reactive ketones (excluding diaryl/α,β-unsaturated/α-hetero) is 1. The van der Waals surface area contributed by atoms with E-state index in [-0.39, 0.29) is 30.0 Å². The minimum absolute atomic E-state index is 0.00214. The van der Waals surface area contributed by atoms with Crippen molar-refractivity contribution in [1.29, 1.82) is 5.26 Å². The highest BCUT2D eigenvalue weighted by molar-refractivity contribution is 5.83. The summed E-state index contributed by atoms with van der Waals surface area (Å²) in [7, 11) is 0. The molecular formula is C15H21NO2. The van der Waals surface area contributed by atoms with Crippen molar-refractivity contribution >= 4 is 5.78 Å². The fraction of sp³-hybridized carbons (Fsp3) is 0.600. The molecular weight excluding hydrogens is 226 g/mol. The lowest BCUT2D eigenvalue weighted by Crippen LogP contribution is -2.11. The van der Waals surface area contributed by atoms with Gasteiger partial charge in [0.1, 0.15) is 5.78 Å². The summed E-state index contributed by atoms with van der Waals surface area (Å²) in [5.74, 6) is 1.96. The number of nitrogens with zero attached hydrogens (tertiary/aromatic N) is 1. The van der Waals surface area contributed by atoms with Crippen LogP contribution in [0.3, 0.4) is 0 Å². The van der Waals surface area contributed by atoms with Crippen LogP contribution in [-0.2, 0) is 9.53 Å². The van der Waals surface area contributed by atoms with Crippen LogP contribution in [0.15, 0.2) is 24.7 Å². The second kappa shape index (κ2) is 6.39. The van der Waals surface area contributed by atoms with Crippen LogP contribution in [0.2, 0.25) is 0 Å². The normalized spacial score (nSPS) is 22.6. The number of carbonyl (C=O) groups is 1. The first-order valence-electron chi connectivity index (χ1n) is 6.40. The molecule has 0 amide bonds. The van der Waals surface area contributed by atoms with Crippen LogP contribution in [0.5, 0.6) is 0 Å². The summed E-state index contributed by atoms with van der Waals surface area (Å²) in [6.45, 7) is 11.8. The molecule has 0 aliphatic heterocycles.